The number of ether oxygens (including phenoxy) is 1. The van der Waals surface area contributed by atoms with Crippen molar-refractivity contribution in [1.29, 1.82) is 0 Å². The molecule has 30 heavy (non-hydrogen) atoms. The van der Waals surface area contributed by atoms with Crippen LogP contribution < -0.4 is 5.32 Å². The lowest BCUT2D eigenvalue weighted by Crippen LogP contribution is -2.32. The average Bonchev–Trinajstić information content (AvgIpc) is 3.41. The molecule has 0 fully saturated rings. The van der Waals surface area contributed by atoms with Crippen LogP contribution in [-0.4, -0.2) is 27.9 Å². The molecule has 2 heterocycles. The molecular weight excluding hydrogens is 402 g/mol. The van der Waals surface area contributed by atoms with E-state index in [0.29, 0.717) is 28.2 Å². The van der Waals surface area contributed by atoms with Gasteiger partial charge < -0.3 is 9.15 Å². The van der Waals surface area contributed by atoms with Crippen LogP contribution in [0.3, 0.4) is 0 Å². The van der Waals surface area contributed by atoms with Crippen molar-refractivity contribution in [2.24, 2.45) is 0 Å². The van der Waals surface area contributed by atoms with E-state index in [0.717, 1.165) is 16.8 Å². The van der Waals surface area contributed by atoms with Crippen LogP contribution in [0.25, 0.3) is 22.4 Å². The van der Waals surface area contributed by atoms with Gasteiger partial charge in [0.2, 0.25) is 0 Å². The summed E-state index contributed by atoms with van der Waals surface area (Å²) in [7, 11) is 0. The Kier molecular flexibility index (Phi) is 5.58. The third-order valence-corrected chi connectivity index (χ3v) is 5.32. The molecule has 152 valence electrons. The first kappa shape index (κ1) is 19.8. The number of nitrogens with one attached hydrogen (secondary N) is 1. The van der Waals surface area contributed by atoms with Gasteiger partial charge in [0.1, 0.15) is 5.52 Å². The third kappa shape index (κ3) is 4.23. The zero-order valence-electron chi connectivity index (χ0n) is 16.4. The highest BCUT2D eigenvalue weighted by Crippen LogP contribution is 2.25. The summed E-state index contributed by atoms with van der Waals surface area (Å²) in [5.74, 6) is -1.02. The predicted octanol–water partition coefficient (Wildman–Crippen LogP) is 4.83. The first-order valence-electron chi connectivity index (χ1n) is 9.41. The molecule has 1 atom stereocenters. The lowest BCUT2D eigenvalue weighted by atomic mass is 10.1. The van der Waals surface area contributed by atoms with Crippen LogP contribution in [0.1, 0.15) is 29.3 Å². The van der Waals surface area contributed by atoms with Crippen molar-refractivity contribution in [2.45, 2.75) is 26.4 Å². The molecular formula is C22H19N3O4S. The van der Waals surface area contributed by atoms with Gasteiger partial charge >= 0.3 is 5.97 Å². The molecule has 4 rings (SSSR count). The van der Waals surface area contributed by atoms with Crippen LogP contribution in [0.15, 0.2) is 58.7 Å². The van der Waals surface area contributed by atoms with Gasteiger partial charge in [-0.3, -0.25) is 10.1 Å². The molecule has 0 saturated heterocycles. The average molecular weight is 421 g/mol. The number of carbonyl (C=O) groups excluding carboxylic acids is 2. The number of anilines is 1. The summed E-state index contributed by atoms with van der Waals surface area (Å²) in [5.41, 5.74) is 4.33. The van der Waals surface area contributed by atoms with Gasteiger partial charge in [-0.15, -0.1) is 11.3 Å². The standard InChI is InChI=1S/C22H19N3O4S/c1-3-18(29-21(27)15-8-9-16-19(10-15)28-12-23-16)20(26)25-22-24-17(11-30-22)14-6-4-13(2)5-7-14/h4-12,18H,3H2,1-2H3,(H,24,25,26). The van der Waals surface area contributed by atoms with E-state index in [4.69, 9.17) is 9.15 Å². The molecule has 2 aromatic carbocycles. The molecule has 0 radical (unpaired) electrons. The molecule has 1 amide bonds. The molecule has 4 aromatic rings. The summed E-state index contributed by atoms with van der Waals surface area (Å²) in [6, 6.07) is 12.8. The van der Waals surface area contributed by atoms with Crippen LogP contribution in [-0.2, 0) is 9.53 Å². The van der Waals surface area contributed by atoms with Crippen LogP contribution in [0.4, 0.5) is 5.13 Å². The molecule has 0 aliphatic rings. The van der Waals surface area contributed by atoms with Crippen molar-refractivity contribution < 1.29 is 18.7 Å². The van der Waals surface area contributed by atoms with Crippen LogP contribution in [0.5, 0.6) is 0 Å². The minimum absolute atomic E-state index is 0.293. The fourth-order valence-corrected chi connectivity index (χ4v) is 3.60. The quantitative estimate of drug-likeness (QED) is 0.448. The van der Waals surface area contributed by atoms with Crippen molar-refractivity contribution in [3.8, 4) is 11.3 Å². The van der Waals surface area contributed by atoms with Gasteiger partial charge in [0.15, 0.2) is 23.2 Å². The van der Waals surface area contributed by atoms with Crippen LogP contribution >= 0.6 is 11.3 Å². The number of hydrogen-bond acceptors (Lipinski definition) is 7. The Labute approximate surface area is 176 Å². The zero-order valence-corrected chi connectivity index (χ0v) is 17.2. The minimum atomic E-state index is -0.936. The number of oxazole rings is 1. The van der Waals surface area contributed by atoms with Gasteiger partial charge in [-0.25, -0.2) is 14.8 Å². The second-order valence-corrected chi connectivity index (χ2v) is 7.59. The number of fused-ring (bicyclic) bond motifs is 1. The Morgan fingerprint density at radius 2 is 2.00 bits per heavy atom. The van der Waals surface area contributed by atoms with Gasteiger partial charge in [0.05, 0.1) is 11.3 Å². The highest BCUT2D eigenvalue weighted by molar-refractivity contribution is 7.14. The second kappa shape index (κ2) is 8.46. The Balaban J connectivity index is 1.42. The third-order valence-electron chi connectivity index (χ3n) is 4.56. The van der Waals surface area contributed by atoms with Crippen molar-refractivity contribution in [2.75, 3.05) is 5.32 Å². The molecule has 8 heteroatoms. The van der Waals surface area contributed by atoms with Crippen molar-refractivity contribution in [1.82, 2.24) is 9.97 Å². The van der Waals surface area contributed by atoms with E-state index in [9.17, 15) is 9.59 Å². The zero-order chi connectivity index (χ0) is 21.1. The van der Waals surface area contributed by atoms with E-state index in [-0.39, 0.29) is 0 Å². The maximum Gasteiger partial charge on any atom is 0.339 e. The number of aromatic nitrogens is 2. The van der Waals surface area contributed by atoms with Gasteiger partial charge in [0.25, 0.3) is 5.91 Å². The lowest BCUT2D eigenvalue weighted by Gasteiger charge is -2.15. The number of aryl methyl sites for hydroxylation is 1. The fourth-order valence-electron chi connectivity index (χ4n) is 2.88. The van der Waals surface area contributed by atoms with Crippen LogP contribution in [0.2, 0.25) is 0 Å². The normalized spacial score (nSPS) is 11.9. The molecule has 0 bridgehead atoms. The Morgan fingerprint density at radius 3 is 2.77 bits per heavy atom. The van der Waals surface area contributed by atoms with E-state index >= 15 is 0 Å². The second-order valence-electron chi connectivity index (χ2n) is 6.73. The predicted molar refractivity (Wildman–Crippen MR) is 114 cm³/mol. The van der Waals surface area contributed by atoms with E-state index in [1.807, 2.05) is 36.6 Å². The first-order valence-corrected chi connectivity index (χ1v) is 10.3. The van der Waals surface area contributed by atoms with E-state index in [2.05, 4.69) is 15.3 Å². The maximum absolute atomic E-state index is 12.6. The number of hydrogen-bond donors (Lipinski definition) is 1. The fraction of sp³-hybridized carbons (Fsp3) is 0.182. The highest BCUT2D eigenvalue weighted by Gasteiger charge is 2.23. The summed E-state index contributed by atoms with van der Waals surface area (Å²) in [4.78, 5) is 33.6. The summed E-state index contributed by atoms with van der Waals surface area (Å²) in [6.07, 6.45) is 0.703. The number of esters is 1. The largest absolute Gasteiger partial charge is 0.449 e. The summed E-state index contributed by atoms with van der Waals surface area (Å²) < 4.78 is 10.6. The van der Waals surface area contributed by atoms with Crippen molar-refractivity contribution in [3.63, 3.8) is 0 Å². The molecule has 1 unspecified atom stereocenters. The molecule has 0 aliphatic carbocycles. The van der Waals surface area contributed by atoms with Crippen LogP contribution in [0, 0.1) is 6.92 Å². The monoisotopic (exact) mass is 421 g/mol. The number of benzene rings is 2. The Hall–Kier alpha value is -3.52. The number of nitrogens with zero attached hydrogens (tertiary/aromatic N) is 2. The lowest BCUT2D eigenvalue weighted by molar-refractivity contribution is -0.124. The molecule has 0 saturated carbocycles. The number of rotatable bonds is 6. The molecule has 7 nitrogen and oxygen atoms in total. The van der Waals surface area contributed by atoms with Gasteiger partial charge in [-0.05, 0) is 31.5 Å². The van der Waals surface area contributed by atoms with E-state index in [1.165, 1.54) is 17.7 Å². The molecule has 2 aromatic heterocycles. The summed E-state index contributed by atoms with van der Waals surface area (Å²) in [5, 5.41) is 5.07. The highest BCUT2D eigenvalue weighted by atomic mass is 32.1. The topological polar surface area (TPSA) is 94.3 Å². The number of carbonyl (C=O) groups is 2. The maximum atomic E-state index is 12.6. The van der Waals surface area contributed by atoms with Gasteiger partial charge in [-0.2, -0.15) is 0 Å². The summed E-state index contributed by atoms with van der Waals surface area (Å²) >= 11 is 1.32. The van der Waals surface area contributed by atoms with Crippen molar-refractivity contribution in [3.05, 3.63) is 65.4 Å². The van der Waals surface area contributed by atoms with E-state index in [1.54, 1.807) is 25.1 Å². The molecule has 1 N–H and O–H groups in total. The number of amides is 1. The number of thiazole rings is 1. The van der Waals surface area contributed by atoms with E-state index < -0.39 is 18.0 Å². The Bertz CT molecular complexity index is 1200. The smallest absolute Gasteiger partial charge is 0.339 e. The molecule has 0 aliphatic heterocycles. The SMILES string of the molecule is CCC(OC(=O)c1ccc2ncoc2c1)C(=O)Nc1nc(-c2ccc(C)cc2)cs1. The van der Waals surface area contributed by atoms with Crippen molar-refractivity contribution >= 4 is 39.4 Å². The van der Waals surface area contributed by atoms with Gasteiger partial charge in [-0.1, -0.05) is 36.8 Å². The Morgan fingerprint density at radius 1 is 1.20 bits per heavy atom. The van der Waals surface area contributed by atoms with Gasteiger partial charge in [0, 0.05) is 10.9 Å². The summed E-state index contributed by atoms with van der Waals surface area (Å²) in [6.45, 7) is 3.79. The first-order chi connectivity index (χ1) is 14.5. The molecule has 0 spiro atoms. The minimum Gasteiger partial charge on any atom is -0.449 e.